The Morgan fingerprint density at radius 1 is 1.11 bits per heavy atom. The van der Waals surface area contributed by atoms with Crippen LogP contribution < -0.4 is 5.56 Å². The van der Waals surface area contributed by atoms with Gasteiger partial charge in [-0.1, -0.05) is 30.3 Å². The van der Waals surface area contributed by atoms with Crippen molar-refractivity contribution in [3.63, 3.8) is 0 Å². The summed E-state index contributed by atoms with van der Waals surface area (Å²) >= 11 is 0. The van der Waals surface area contributed by atoms with Gasteiger partial charge in [-0.15, -0.1) is 0 Å². The predicted molar refractivity (Wildman–Crippen MR) is 131 cm³/mol. The molecule has 2 aromatic heterocycles. The molecule has 1 saturated heterocycles. The van der Waals surface area contributed by atoms with E-state index in [1.165, 1.54) is 17.1 Å². The van der Waals surface area contributed by atoms with Crippen LogP contribution in [0.5, 0.6) is 0 Å². The summed E-state index contributed by atoms with van der Waals surface area (Å²) in [5.74, 6) is -0.0629. The van der Waals surface area contributed by atoms with Crippen molar-refractivity contribution in [2.45, 2.75) is 31.6 Å². The van der Waals surface area contributed by atoms with Gasteiger partial charge in [0.25, 0.3) is 17.9 Å². The fourth-order valence-corrected chi connectivity index (χ4v) is 4.52. The maximum Gasteiger partial charge on any atom is 0.293 e. The number of carbonyl (C=O) groups is 2. The smallest absolute Gasteiger partial charge is 0.293 e. The molecule has 3 heterocycles. The van der Waals surface area contributed by atoms with Crippen molar-refractivity contribution in [2.24, 2.45) is 0 Å². The van der Waals surface area contributed by atoms with Crippen LogP contribution in [0.1, 0.15) is 28.8 Å². The minimum atomic E-state index is -1.13. The zero-order valence-corrected chi connectivity index (χ0v) is 19.5. The predicted octanol–water partition coefficient (Wildman–Crippen LogP) is 1.92. The number of aliphatic hydroxyl groups is 1. The van der Waals surface area contributed by atoms with Crippen LogP contribution in [0.2, 0.25) is 0 Å². The fourth-order valence-electron chi connectivity index (χ4n) is 4.52. The zero-order valence-electron chi connectivity index (χ0n) is 19.5. The third-order valence-corrected chi connectivity index (χ3v) is 6.49. The Hall–Kier alpha value is -4.31. The number of nitrogens with zero attached hydrogens (tertiary/aromatic N) is 5. The average molecular weight is 488 g/mol. The number of likely N-dealkylation sites (tertiary alicyclic amines) is 1. The quantitative estimate of drug-likeness (QED) is 0.396. The monoisotopic (exact) mass is 487 g/mol. The number of fused-ring (bicyclic) bond motifs is 1. The number of carbonyl (C=O) groups excluding carboxylic acids is 2. The Labute approximate surface area is 206 Å². The molecule has 0 radical (unpaired) electrons. The van der Waals surface area contributed by atoms with Gasteiger partial charge in [0.2, 0.25) is 0 Å². The van der Waals surface area contributed by atoms with E-state index in [1.54, 1.807) is 33.8 Å². The van der Waals surface area contributed by atoms with Gasteiger partial charge in [-0.3, -0.25) is 19.0 Å². The van der Waals surface area contributed by atoms with Crippen molar-refractivity contribution in [1.82, 2.24) is 24.2 Å². The number of hydrogen-bond donors (Lipinski definition) is 1. The highest BCUT2D eigenvalue weighted by atomic mass is 16.5. The van der Waals surface area contributed by atoms with Crippen LogP contribution in [-0.2, 0) is 22.7 Å². The molecule has 0 spiro atoms. The summed E-state index contributed by atoms with van der Waals surface area (Å²) in [5.41, 5.74) is 1.03. The van der Waals surface area contributed by atoms with E-state index in [0.717, 1.165) is 5.56 Å². The number of amides is 1. The molecule has 5 rings (SSSR count). The molecule has 0 bridgehead atoms. The largest absolute Gasteiger partial charge is 0.463 e. The van der Waals surface area contributed by atoms with Crippen LogP contribution in [0.15, 0.2) is 71.9 Å². The highest BCUT2D eigenvalue weighted by molar-refractivity contribution is 5.94. The van der Waals surface area contributed by atoms with Crippen LogP contribution in [0.4, 0.5) is 0 Å². The molecule has 36 heavy (non-hydrogen) atoms. The molecule has 10 heteroatoms. The molecular formula is C26H25N5O5. The molecule has 0 atom stereocenters. The fraction of sp³-hybridized carbons (Fsp3) is 0.269. The van der Waals surface area contributed by atoms with E-state index in [1.807, 2.05) is 30.3 Å². The molecule has 4 aromatic rings. The Morgan fingerprint density at radius 3 is 2.64 bits per heavy atom. The van der Waals surface area contributed by atoms with E-state index in [4.69, 9.17) is 4.74 Å². The standard InChI is InChI=1S/C26H25N5O5/c32-18-36-15-19-5-4-8-21(13-19)31-23-22(14-28-31)25(34)30(17-27-23)16-26(35)9-11-29(12-10-26)24(33)20-6-2-1-3-7-20/h1-8,13-14,17-18,35H,9-12,15-16H2. The summed E-state index contributed by atoms with van der Waals surface area (Å²) in [6.45, 7) is 1.39. The maximum atomic E-state index is 13.2. The van der Waals surface area contributed by atoms with E-state index in [-0.39, 0.29) is 24.6 Å². The van der Waals surface area contributed by atoms with Crippen LogP contribution in [0.25, 0.3) is 16.7 Å². The van der Waals surface area contributed by atoms with Crippen molar-refractivity contribution in [2.75, 3.05) is 13.1 Å². The van der Waals surface area contributed by atoms with E-state index in [9.17, 15) is 19.5 Å². The molecule has 10 nitrogen and oxygen atoms in total. The first-order chi connectivity index (χ1) is 17.5. The van der Waals surface area contributed by atoms with Crippen molar-refractivity contribution < 1.29 is 19.4 Å². The summed E-state index contributed by atoms with van der Waals surface area (Å²) in [6.07, 6.45) is 3.58. The normalized spacial score (nSPS) is 15.1. The number of piperidine rings is 1. The first-order valence-electron chi connectivity index (χ1n) is 11.6. The second-order valence-corrected chi connectivity index (χ2v) is 8.93. The maximum absolute atomic E-state index is 13.2. The minimum absolute atomic E-state index is 0.0629. The van der Waals surface area contributed by atoms with Crippen LogP contribution in [0, 0.1) is 0 Å². The van der Waals surface area contributed by atoms with Gasteiger partial charge in [0.05, 0.1) is 24.0 Å². The van der Waals surface area contributed by atoms with Crippen molar-refractivity contribution in [1.29, 1.82) is 0 Å². The Bertz CT molecular complexity index is 1450. The minimum Gasteiger partial charge on any atom is -0.463 e. The molecule has 1 aliphatic heterocycles. The van der Waals surface area contributed by atoms with E-state index in [2.05, 4.69) is 10.1 Å². The van der Waals surface area contributed by atoms with E-state index < -0.39 is 5.60 Å². The second kappa shape index (κ2) is 9.74. The summed E-state index contributed by atoms with van der Waals surface area (Å²) < 4.78 is 7.76. The lowest BCUT2D eigenvalue weighted by atomic mass is 9.91. The molecule has 0 saturated carbocycles. The van der Waals surface area contributed by atoms with Gasteiger partial charge in [0, 0.05) is 18.7 Å². The summed E-state index contributed by atoms with van der Waals surface area (Å²) in [4.78, 5) is 42.6. The summed E-state index contributed by atoms with van der Waals surface area (Å²) in [7, 11) is 0. The molecule has 1 fully saturated rings. The van der Waals surface area contributed by atoms with Crippen LogP contribution in [-0.4, -0.2) is 60.4 Å². The highest BCUT2D eigenvalue weighted by Crippen LogP contribution is 2.25. The second-order valence-electron chi connectivity index (χ2n) is 8.93. The van der Waals surface area contributed by atoms with Gasteiger partial charge in [0.15, 0.2) is 5.65 Å². The first-order valence-corrected chi connectivity index (χ1v) is 11.6. The zero-order chi connectivity index (χ0) is 25.1. The highest BCUT2D eigenvalue weighted by Gasteiger charge is 2.35. The van der Waals surface area contributed by atoms with Gasteiger partial charge in [0.1, 0.15) is 18.3 Å². The summed E-state index contributed by atoms with van der Waals surface area (Å²) in [6, 6.07) is 16.3. The molecule has 1 aliphatic rings. The van der Waals surface area contributed by atoms with Crippen LogP contribution in [0.3, 0.4) is 0 Å². The lowest BCUT2D eigenvalue weighted by Gasteiger charge is -2.38. The Morgan fingerprint density at radius 2 is 1.89 bits per heavy atom. The molecule has 1 N–H and O–H groups in total. The lowest BCUT2D eigenvalue weighted by Crippen LogP contribution is -2.49. The van der Waals surface area contributed by atoms with Gasteiger partial charge in [-0.25, -0.2) is 9.67 Å². The van der Waals surface area contributed by atoms with Crippen molar-refractivity contribution in [3.05, 3.63) is 88.6 Å². The number of rotatable bonds is 7. The SMILES string of the molecule is O=COCc1cccc(-n2ncc3c(=O)n(CC4(O)CCN(C(=O)c5ccccc5)CC4)cnc32)c1. The van der Waals surface area contributed by atoms with Crippen molar-refractivity contribution in [3.8, 4) is 5.69 Å². The third-order valence-electron chi connectivity index (χ3n) is 6.49. The number of hydrogen-bond acceptors (Lipinski definition) is 7. The van der Waals surface area contributed by atoms with E-state index in [0.29, 0.717) is 54.7 Å². The van der Waals surface area contributed by atoms with Gasteiger partial charge < -0.3 is 14.7 Å². The number of aromatic nitrogens is 4. The Kier molecular flexibility index (Phi) is 6.34. The Balaban J connectivity index is 1.32. The van der Waals surface area contributed by atoms with Gasteiger partial charge >= 0.3 is 0 Å². The molecular weight excluding hydrogens is 462 g/mol. The van der Waals surface area contributed by atoms with Gasteiger partial charge in [-0.05, 0) is 42.7 Å². The lowest BCUT2D eigenvalue weighted by molar-refractivity contribution is -0.129. The molecule has 0 aliphatic carbocycles. The van der Waals surface area contributed by atoms with Crippen LogP contribution >= 0.6 is 0 Å². The topological polar surface area (TPSA) is 120 Å². The molecule has 2 aromatic carbocycles. The number of ether oxygens (including phenoxy) is 1. The molecule has 184 valence electrons. The molecule has 0 unspecified atom stereocenters. The number of benzene rings is 2. The molecule has 1 amide bonds. The average Bonchev–Trinajstić information content (AvgIpc) is 3.35. The van der Waals surface area contributed by atoms with Crippen molar-refractivity contribution >= 4 is 23.4 Å². The van der Waals surface area contributed by atoms with Gasteiger partial charge in [-0.2, -0.15) is 5.10 Å². The first kappa shape index (κ1) is 23.4. The van der Waals surface area contributed by atoms with E-state index >= 15 is 0 Å². The summed E-state index contributed by atoms with van der Waals surface area (Å²) in [5, 5.41) is 15.9. The third kappa shape index (κ3) is 4.63.